The molecule has 0 radical (unpaired) electrons. The van der Waals surface area contributed by atoms with Crippen LogP contribution in [0.4, 0.5) is 5.82 Å². The number of carboxylic acid groups (broad SMARTS) is 1. The Labute approximate surface area is 188 Å². The van der Waals surface area contributed by atoms with E-state index in [2.05, 4.69) is 21.7 Å². The topological polar surface area (TPSA) is 125 Å². The highest BCUT2D eigenvalue weighted by atomic mass is 32.2. The maximum Gasteiger partial charge on any atom is 0.305 e. The maximum absolute atomic E-state index is 12.4. The minimum atomic E-state index is -3.35. The summed E-state index contributed by atoms with van der Waals surface area (Å²) >= 11 is 0. The van der Waals surface area contributed by atoms with Crippen molar-refractivity contribution in [3.05, 3.63) is 53.2 Å². The van der Waals surface area contributed by atoms with E-state index in [0.29, 0.717) is 12.0 Å². The lowest BCUT2D eigenvalue weighted by Crippen LogP contribution is -2.30. The Kier molecular flexibility index (Phi) is 7.84. The SMILES string of the molecule is CS(=O)(=O)c1ccc(C(CC(=O)O)NC(=O)CCCCc2ccc3c(n2)NCCC3)cc1. The molecule has 32 heavy (non-hydrogen) atoms. The molecule has 0 aliphatic carbocycles. The van der Waals surface area contributed by atoms with E-state index in [-0.39, 0.29) is 23.6 Å². The highest BCUT2D eigenvalue weighted by Gasteiger charge is 2.19. The van der Waals surface area contributed by atoms with E-state index >= 15 is 0 Å². The van der Waals surface area contributed by atoms with Crippen LogP contribution in [0.2, 0.25) is 0 Å². The molecule has 1 aromatic heterocycles. The lowest BCUT2D eigenvalue weighted by molar-refractivity contribution is -0.137. The summed E-state index contributed by atoms with van der Waals surface area (Å²) in [6.07, 6.45) is 5.49. The molecule has 0 fully saturated rings. The third-order valence-electron chi connectivity index (χ3n) is 5.46. The average Bonchev–Trinajstić information content (AvgIpc) is 2.75. The number of hydrogen-bond acceptors (Lipinski definition) is 6. The number of hydrogen-bond donors (Lipinski definition) is 3. The number of amides is 1. The Morgan fingerprint density at radius 2 is 1.91 bits per heavy atom. The van der Waals surface area contributed by atoms with Gasteiger partial charge >= 0.3 is 5.97 Å². The second kappa shape index (κ2) is 10.6. The van der Waals surface area contributed by atoms with Crippen LogP contribution in [0, 0.1) is 0 Å². The molecular formula is C23H29N3O5S. The Hall–Kier alpha value is -2.94. The summed E-state index contributed by atoms with van der Waals surface area (Å²) in [6.45, 7) is 0.943. The molecule has 0 saturated carbocycles. The van der Waals surface area contributed by atoms with Gasteiger partial charge in [-0.25, -0.2) is 13.4 Å². The number of anilines is 1. The van der Waals surface area contributed by atoms with Crippen molar-refractivity contribution in [2.45, 2.75) is 55.9 Å². The molecule has 2 aromatic rings. The zero-order valence-electron chi connectivity index (χ0n) is 18.1. The molecule has 2 heterocycles. The number of aliphatic carboxylic acids is 1. The number of pyridine rings is 1. The molecule has 8 nitrogen and oxygen atoms in total. The standard InChI is InChI=1S/C23H29N3O5S/c1-32(30,31)19-12-9-16(10-13-19)20(15-22(28)29)26-21(27)7-3-2-6-18-11-8-17-5-4-14-24-23(17)25-18/h8-13,20H,2-7,14-15H2,1H3,(H,24,25)(H,26,27)(H,28,29). The van der Waals surface area contributed by atoms with Gasteiger partial charge in [0.25, 0.3) is 0 Å². The van der Waals surface area contributed by atoms with E-state index in [1.54, 1.807) is 12.1 Å². The van der Waals surface area contributed by atoms with Crippen LogP contribution in [0.5, 0.6) is 0 Å². The zero-order chi connectivity index (χ0) is 23.1. The summed E-state index contributed by atoms with van der Waals surface area (Å²) < 4.78 is 23.2. The fourth-order valence-electron chi connectivity index (χ4n) is 3.74. The van der Waals surface area contributed by atoms with Crippen LogP contribution in [-0.4, -0.2) is 43.2 Å². The third-order valence-corrected chi connectivity index (χ3v) is 6.59. The van der Waals surface area contributed by atoms with Crippen LogP contribution < -0.4 is 10.6 Å². The highest BCUT2D eigenvalue weighted by Crippen LogP contribution is 2.21. The lowest BCUT2D eigenvalue weighted by Gasteiger charge is -2.18. The van der Waals surface area contributed by atoms with Crippen LogP contribution in [0.3, 0.4) is 0 Å². The minimum absolute atomic E-state index is 0.146. The highest BCUT2D eigenvalue weighted by molar-refractivity contribution is 7.90. The number of aryl methyl sites for hydroxylation is 2. The second-order valence-corrected chi connectivity index (χ2v) is 10.1. The fourth-order valence-corrected chi connectivity index (χ4v) is 4.37. The molecular weight excluding hydrogens is 430 g/mol. The summed E-state index contributed by atoms with van der Waals surface area (Å²) in [5, 5.41) is 15.3. The van der Waals surface area contributed by atoms with Crippen molar-refractivity contribution in [3.8, 4) is 0 Å². The van der Waals surface area contributed by atoms with Gasteiger partial charge in [-0.05, 0) is 61.4 Å². The normalized spacial score (nSPS) is 14.2. The number of carbonyl (C=O) groups excluding carboxylic acids is 1. The van der Waals surface area contributed by atoms with Crippen LogP contribution in [-0.2, 0) is 32.3 Å². The van der Waals surface area contributed by atoms with E-state index in [9.17, 15) is 23.1 Å². The molecule has 1 aromatic carbocycles. The molecule has 3 N–H and O–H groups in total. The van der Waals surface area contributed by atoms with Crippen LogP contribution in [0.25, 0.3) is 0 Å². The molecule has 1 amide bonds. The van der Waals surface area contributed by atoms with E-state index in [1.807, 2.05) is 6.07 Å². The Morgan fingerprint density at radius 3 is 2.59 bits per heavy atom. The van der Waals surface area contributed by atoms with Crippen molar-refractivity contribution >= 4 is 27.5 Å². The summed E-state index contributed by atoms with van der Waals surface area (Å²) in [5.74, 6) is -0.317. The smallest absolute Gasteiger partial charge is 0.305 e. The molecule has 1 unspecified atom stereocenters. The van der Waals surface area contributed by atoms with Crippen molar-refractivity contribution in [1.29, 1.82) is 0 Å². The first-order valence-corrected chi connectivity index (χ1v) is 12.7. The number of fused-ring (bicyclic) bond motifs is 1. The number of nitrogens with one attached hydrogen (secondary N) is 2. The molecule has 0 bridgehead atoms. The van der Waals surface area contributed by atoms with Gasteiger partial charge < -0.3 is 15.7 Å². The van der Waals surface area contributed by atoms with Crippen molar-refractivity contribution in [1.82, 2.24) is 10.3 Å². The van der Waals surface area contributed by atoms with Gasteiger partial charge in [-0.2, -0.15) is 0 Å². The first kappa shape index (κ1) is 23.7. The average molecular weight is 460 g/mol. The summed E-state index contributed by atoms with van der Waals surface area (Å²) in [4.78, 5) is 28.5. The van der Waals surface area contributed by atoms with Gasteiger partial charge in [0.05, 0.1) is 17.4 Å². The predicted molar refractivity (Wildman–Crippen MR) is 121 cm³/mol. The number of rotatable bonds is 10. The first-order chi connectivity index (χ1) is 15.2. The minimum Gasteiger partial charge on any atom is -0.481 e. The zero-order valence-corrected chi connectivity index (χ0v) is 19.0. The molecule has 1 aliphatic heterocycles. The molecule has 0 spiro atoms. The number of carbonyl (C=O) groups is 2. The van der Waals surface area contributed by atoms with Gasteiger partial charge in [0.15, 0.2) is 9.84 Å². The number of aromatic nitrogens is 1. The molecule has 9 heteroatoms. The van der Waals surface area contributed by atoms with Crippen LogP contribution >= 0.6 is 0 Å². The van der Waals surface area contributed by atoms with Crippen molar-refractivity contribution in [2.75, 3.05) is 18.1 Å². The number of nitrogens with zero attached hydrogens (tertiary/aromatic N) is 1. The van der Waals surface area contributed by atoms with Crippen molar-refractivity contribution in [3.63, 3.8) is 0 Å². The van der Waals surface area contributed by atoms with E-state index < -0.39 is 21.8 Å². The quantitative estimate of drug-likeness (QED) is 0.467. The summed E-state index contributed by atoms with van der Waals surface area (Å²) in [5.41, 5.74) is 2.79. The summed E-state index contributed by atoms with van der Waals surface area (Å²) in [7, 11) is -3.35. The Bertz CT molecular complexity index is 1070. The van der Waals surface area contributed by atoms with Gasteiger partial charge in [-0.15, -0.1) is 0 Å². The molecule has 172 valence electrons. The van der Waals surface area contributed by atoms with Gasteiger partial charge in [-0.1, -0.05) is 18.2 Å². The predicted octanol–water partition coefficient (Wildman–Crippen LogP) is 2.89. The number of benzene rings is 1. The first-order valence-electron chi connectivity index (χ1n) is 10.8. The van der Waals surface area contributed by atoms with Gasteiger partial charge in [-0.3, -0.25) is 9.59 Å². The number of carboxylic acids is 1. The van der Waals surface area contributed by atoms with Crippen LogP contribution in [0.1, 0.15) is 55.0 Å². The van der Waals surface area contributed by atoms with Gasteiger partial charge in [0.1, 0.15) is 5.82 Å². The molecule has 0 saturated heterocycles. The van der Waals surface area contributed by atoms with E-state index in [1.165, 1.54) is 17.7 Å². The monoisotopic (exact) mass is 459 g/mol. The van der Waals surface area contributed by atoms with E-state index in [0.717, 1.165) is 50.0 Å². The lowest BCUT2D eigenvalue weighted by atomic mass is 10.0. The summed E-state index contributed by atoms with van der Waals surface area (Å²) in [6, 6.07) is 9.36. The molecule has 3 rings (SSSR count). The largest absolute Gasteiger partial charge is 0.481 e. The second-order valence-electron chi connectivity index (χ2n) is 8.11. The Balaban J connectivity index is 1.51. The fraction of sp³-hybridized carbons (Fsp3) is 0.435. The third kappa shape index (κ3) is 6.78. The van der Waals surface area contributed by atoms with Crippen LogP contribution in [0.15, 0.2) is 41.3 Å². The Morgan fingerprint density at radius 1 is 1.16 bits per heavy atom. The number of unbranched alkanes of at least 4 members (excludes halogenated alkanes) is 1. The maximum atomic E-state index is 12.4. The van der Waals surface area contributed by atoms with Crippen molar-refractivity contribution < 1.29 is 23.1 Å². The molecule has 1 atom stereocenters. The molecule has 1 aliphatic rings. The van der Waals surface area contributed by atoms with Crippen molar-refractivity contribution in [2.24, 2.45) is 0 Å². The van der Waals surface area contributed by atoms with Gasteiger partial charge in [0.2, 0.25) is 5.91 Å². The van der Waals surface area contributed by atoms with E-state index in [4.69, 9.17) is 0 Å². The number of sulfone groups is 1. The van der Waals surface area contributed by atoms with Gasteiger partial charge in [0, 0.05) is 24.9 Å².